The zero-order valence-corrected chi connectivity index (χ0v) is 15.8. The Labute approximate surface area is 150 Å². The number of hydrogen-bond acceptors (Lipinski definition) is 4. The van der Waals surface area contributed by atoms with Gasteiger partial charge >= 0.3 is 0 Å². The number of carbonyl (C=O) groups excluding carboxylic acids is 2. The predicted octanol–water partition coefficient (Wildman–Crippen LogP) is 0.808. The Bertz CT molecular complexity index is 715. The number of benzene rings is 1. The van der Waals surface area contributed by atoms with Crippen molar-refractivity contribution in [1.29, 1.82) is 0 Å². The Balaban J connectivity index is 1.92. The minimum atomic E-state index is -3.55. The molecule has 132 valence electrons. The summed E-state index contributed by atoms with van der Waals surface area (Å²) < 4.78 is 27.3. The molecule has 1 aromatic rings. The quantitative estimate of drug-likeness (QED) is 0.767. The van der Waals surface area contributed by atoms with Crippen LogP contribution >= 0.6 is 15.9 Å². The van der Waals surface area contributed by atoms with Crippen LogP contribution in [0.2, 0.25) is 0 Å². The van der Waals surface area contributed by atoms with Crippen LogP contribution in [0.3, 0.4) is 0 Å². The molecule has 1 aliphatic rings. The van der Waals surface area contributed by atoms with Gasteiger partial charge in [0.1, 0.15) is 0 Å². The highest BCUT2D eigenvalue weighted by Gasteiger charge is 2.29. The lowest BCUT2D eigenvalue weighted by Crippen LogP contribution is -2.50. The molecule has 1 heterocycles. The van der Waals surface area contributed by atoms with Crippen molar-refractivity contribution in [3.05, 3.63) is 28.7 Å². The standard InChI is InChI=1S/C15H20BrN3O4S/c1-12(20)17-6-5-15(21)18-7-9-19(10-8-18)24(22,23)14-4-2-3-13(16)11-14/h2-4,11H,5-10H2,1H3,(H,17,20). The molecule has 1 aromatic carbocycles. The summed E-state index contributed by atoms with van der Waals surface area (Å²) >= 11 is 3.28. The molecule has 1 aliphatic heterocycles. The fraction of sp³-hybridized carbons (Fsp3) is 0.467. The molecule has 0 bridgehead atoms. The molecule has 1 N–H and O–H groups in total. The third kappa shape index (κ3) is 4.78. The van der Waals surface area contributed by atoms with E-state index in [1.54, 1.807) is 29.2 Å². The minimum absolute atomic E-state index is 0.0803. The number of piperazine rings is 1. The van der Waals surface area contributed by atoms with E-state index >= 15 is 0 Å². The maximum absolute atomic E-state index is 12.6. The monoisotopic (exact) mass is 417 g/mol. The molecule has 9 heteroatoms. The average Bonchev–Trinajstić information content (AvgIpc) is 2.54. The van der Waals surface area contributed by atoms with E-state index < -0.39 is 10.0 Å². The molecule has 2 amide bonds. The number of rotatable bonds is 5. The van der Waals surface area contributed by atoms with Crippen LogP contribution in [-0.4, -0.2) is 62.2 Å². The first-order valence-corrected chi connectivity index (χ1v) is 9.82. The molecule has 0 spiro atoms. The summed E-state index contributed by atoms with van der Waals surface area (Å²) in [5.74, 6) is -0.254. The van der Waals surface area contributed by atoms with Crippen molar-refractivity contribution < 1.29 is 18.0 Å². The normalized spacial score (nSPS) is 16.0. The molecule has 0 aliphatic carbocycles. The van der Waals surface area contributed by atoms with Crippen LogP contribution < -0.4 is 5.32 Å². The van der Waals surface area contributed by atoms with Gasteiger partial charge in [-0.2, -0.15) is 4.31 Å². The summed E-state index contributed by atoms with van der Waals surface area (Å²) in [6.45, 7) is 2.93. The van der Waals surface area contributed by atoms with Gasteiger partial charge < -0.3 is 10.2 Å². The number of hydrogen-bond donors (Lipinski definition) is 1. The van der Waals surface area contributed by atoms with E-state index in [2.05, 4.69) is 21.2 Å². The third-order valence-electron chi connectivity index (χ3n) is 3.74. The van der Waals surface area contributed by atoms with E-state index in [9.17, 15) is 18.0 Å². The van der Waals surface area contributed by atoms with Gasteiger partial charge in [0.15, 0.2) is 0 Å². The molecule has 1 fully saturated rings. The number of nitrogens with zero attached hydrogens (tertiary/aromatic N) is 2. The minimum Gasteiger partial charge on any atom is -0.356 e. The Morgan fingerprint density at radius 3 is 2.46 bits per heavy atom. The van der Waals surface area contributed by atoms with Crippen LogP contribution in [0.4, 0.5) is 0 Å². The predicted molar refractivity (Wildman–Crippen MR) is 92.8 cm³/mol. The van der Waals surface area contributed by atoms with Gasteiger partial charge in [0.05, 0.1) is 4.90 Å². The van der Waals surface area contributed by atoms with Crippen LogP contribution in [0.1, 0.15) is 13.3 Å². The van der Waals surface area contributed by atoms with Crippen LogP contribution in [0, 0.1) is 0 Å². The van der Waals surface area contributed by atoms with Gasteiger partial charge in [0.25, 0.3) is 0 Å². The van der Waals surface area contributed by atoms with Gasteiger partial charge in [-0.3, -0.25) is 9.59 Å². The van der Waals surface area contributed by atoms with Crippen molar-refractivity contribution in [2.75, 3.05) is 32.7 Å². The molecule has 0 unspecified atom stereocenters. The van der Waals surface area contributed by atoms with E-state index in [0.29, 0.717) is 24.1 Å². The Hall–Kier alpha value is -1.45. The smallest absolute Gasteiger partial charge is 0.243 e. The van der Waals surface area contributed by atoms with Gasteiger partial charge in [-0.15, -0.1) is 0 Å². The number of halogens is 1. The fourth-order valence-corrected chi connectivity index (χ4v) is 4.48. The van der Waals surface area contributed by atoms with Crippen molar-refractivity contribution in [3.63, 3.8) is 0 Å². The van der Waals surface area contributed by atoms with Gasteiger partial charge in [-0.1, -0.05) is 22.0 Å². The average molecular weight is 418 g/mol. The highest BCUT2D eigenvalue weighted by molar-refractivity contribution is 9.10. The van der Waals surface area contributed by atoms with E-state index in [1.165, 1.54) is 11.2 Å². The molecule has 0 radical (unpaired) electrons. The number of amides is 2. The molecule has 0 saturated carbocycles. The van der Waals surface area contributed by atoms with E-state index in [-0.39, 0.29) is 36.2 Å². The van der Waals surface area contributed by atoms with E-state index in [0.717, 1.165) is 0 Å². The second kappa shape index (κ2) is 8.09. The first kappa shape index (κ1) is 18.9. The lowest BCUT2D eigenvalue weighted by Gasteiger charge is -2.34. The largest absolute Gasteiger partial charge is 0.356 e. The summed E-state index contributed by atoms with van der Waals surface area (Å²) in [7, 11) is -3.55. The van der Waals surface area contributed by atoms with Gasteiger partial charge in [0.2, 0.25) is 21.8 Å². The second-order valence-electron chi connectivity index (χ2n) is 5.48. The lowest BCUT2D eigenvalue weighted by molar-refractivity contribution is -0.132. The highest BCUT2D eigenvalue weighted by Crippen LogP contribution is 2.21. The summed E-state index contributed by atoms with van der Waals surface area (Å²) in [4.78, 5) is 24.7. The summed E-state index contributed by atoms with van der Waals surface area (Å²) in [6.07, 6.45) is 0.220. The third-order valence-corrected chi connectivity index (χ3v) is 6.13. The first-order chi connectivity index (χ1) is 11.3. The number of nitrogens with one attached hydrogen (secondary N) is 1. The Kier molecular flexibility index (Phi) is 6.36. The Morgan fingerprint density at radius 2 is 1.88 bits per heavy atom. The summed E-state index contributed by atoms with van der Waals surface area (Å²) in [6, 6.07) is 6.58. The van der Waals surface area contributed by atoms with Crippen LogP contribution in [0.5, 0.6) is 0 Å². The molecule has 7 nitrogen and oxygen atoms in total. The summed E-state index contributed by atoms with van der Waals surface area (Å²) in [5.41, 5.74) is 0. The zero-order chi connectivity index (χ0) is 17.7. The van der Waals surface area contributed by atoms with Crippen molar-refractivity contribution in [2.24, 2.45) is 0 Å². The molecule has 0 aromatic heterocycles. The number of sulfonamides is 1. The molecule has 0 atom stereocenters. The van der Waals surface area contributed by atoms with Crippen LogP contribution in [-0.2, 0) is 19.6 Å². The lowest BCUT2D eigenvalue weighted by atomic mass is 10.3. The fourth-order valence-electron chi connectivity index (χ4n) is 2.46. The van der Waals surface area contributed by atoms with E-state index in [4.69, 9.17) is 0 Å². The molecular formula is C15H20BrN3O4S. The first-order valence-electron chi connectivity index (χ1n) is 7.58. The van der Waals surface area contributed by atoms with E-state index in [1.807, 2.05) is 0 Å². The topological polar surface area (TPSA) is 86.8 Å². The zero-order valence-electron chi connectivity index (χ0n) is 13.4. The molecular weight excluding hydrogens is 398 g/mol. The van der Waals surface area contributed by atoms with Crippen molar-refractivity contribution in [3.8, 4) is 0 Å². The SMILES string of the molecule is CC(=O)NCCC(=O)N1CCN(S(=O)(=O)c2cccc(Br)c2)CC1. The molecule has 2 rings (SSSR count). The maximum atomic E-state index is 12.6. The highest BCUT2D eigenvalue weighted by atomic mass is 79.9. The van der Waals surface area contributed by atoms with Crippen molar-refractivity contribution in [1.82, 2.24) is 14.5 Å². The van der Waals surface area contributed by atoms with Crippen LogP contribution in [0.25, 0.3) is 0 Å². The maximum Gasteiger partial charge on any atom is 0.243 e. The van der Waals surface area contributed by atoms with Gasteiger partial charge in [-0.25, -0.2) is 8.42 Å². The molecule has 1 saturated heterocycles. The van der Waals surface area contributed by atoms with Gasteiger partial charge in [-0.05, 0) is 18.2 Å². The Morgan fingerprint density at radius 1 is 1.21 bits per heavy atom. The summed E-state index contributed by atoms with van der Waals surface area (Å²) in [5, 5.41) is 2.58. The van der Waals surface area contributed by atoms with Gasteiger partial charge in [0, 0.05) is 50.5 Å². The van der Waals surface area contributed by atoms with Crippen molar-refractivity contribution >= 4 is 37.8 Å². The van der Waals surface area contributed by atoms with Crippen molar-refractivity contribution in [2.45, 2.75) is 18.2 Å². The second-order valence-corrected chi connectivity index (χ2v) is 8.33. The number of carbonyl (C=O) groups is 2. The molecule has 24 heavy (non-hydrogen) atoms. The van der Waals surface area contributed by atoms with Crippen LogP contribution in [0.15, 0.2) is 33.6 Å².